The van der Waals surface area contributed by atoms with E-state index >= 15 is 0 Å². The number of hydrogen-bond acceptors (Lipinski definition) is 6. The van der Waals surface area contributed by atoms with E-state index in [1.165, 1.54) is 0 Å². The average Bonchev–Trinajstić information content (AvgIpc) is 2.77. The first-order chi connectivity index (χ1) is 8.08. The second-order valence-corrected chi connectivity index (χ2v) is 3.89. The highest BCUT2D eigenvalue weighted by Crippen LogP contribution is 2.17. The molecule has 6 heteroatoms. The van der Waals surface area contributed by atoms with Crippen molar-refractivity contribution < 1.29 is 9.63 Å². The van der Waals surface area contributed by atoms with Gasteiger partial charge in [-0.2, -0.15) is 4.98 Å². The molecule has 0 bridgehead atoms. The molecule has 0 aromatic carbocycles. The van der Waals surface area contributed by atoms with Crippen LogP contribution in [0.3, 0.4) is 0 Å². The number of aliphatic hydroxyl groups is 1. The minimum absolute atomic E-state index is 0.207. The summed E-state index contributed by atoms with van der Waals surface area (Å²) in [5.74, 6) is 0.582. The van der Waals surface area contributed by atoms with Crippen molar-refractivity contribution in [1.29, 1.82) is 0 Å². The lowest BCUT2D eigenvalue weighted by Gasteiger charge is -2.08. The lowest BCUT2D eigenvalue weighted by Crippen LogP contribution is -2.23. The molecule has 0 aliphatic carbocycles. The summed E-state index contributed by atoms with van der Waals surface area (Å²) in [6.07, 6.45) is -0.742. The van der Waals surface area contributed by atoms with Crippen molar-refractivity contribution in [2.45, 2.75) is 26.0 Å². The first-order valence-corrected chi connectivity index (χ1v) is 5.29. The van der Waals surface area contributed by atoms with E-state index in [1.807, 2.05) is 19.1 Å². The Morgan fingerprint density at radius 2 is 2.12 bits per heavy atom. The summed E-state index contributed by atoms with van der Waals surface area (Å²) in [5, 5.41) is 13.1. The summed E-state index contributed by atoms with van der Waals surface area (Å²) in [4.78, 5) is 8.39. The van der Waals surface area contributed by atoms with Crippen LogP contribution in [0.1, 0.15) is 24.6 Å². The van der Waals surface area contributed by atoms with Gasteiger partial charge in [0.15, 0.2) is 0 Å². The molecule has 3 N–H and O–H groups in total. The number of nitrogens with two attached hydrogens (primary N) is 1. The zero-order valence-corrected chi connectivity index (χ0v) is 9.66. The Balaban J connectivity index is 2.30. The van der Waals surface area contributed by atoms with Crippen molar-refractivity contribution in [1.82, 2.24) is 15.1 Å². The van der Waals surface area contributed by atoms with Crippen LogP contribution >= 0.6 is 0 Å². The molecule has 0 aliphatic rings. The second kappa shape index (κ2) is 4.60. The van der Waals surface area contributed by atoms with Gasteiger partial charge in [-0.05, 0) is 26.0 Å². The quantitative estimate of drug-likeness (QED) is 0.815. The molecular weight excluding hydrogens is 220 g/mol. The lowest BCUT2D eigenvalue weighted by atomic mass is 10.2. The van der Waals surface area contributed by atoms with Gasteiger partial charge < -0.3 is 15.4 Å². The summed E-state index contributed by atoms with van der Waals surface area (Å²) < 4.78 is 5.00. The Hall–Kier alpha value is -1.79. The van der Waals surface area contributed by atoms with E-state index in [-0.39, 0.29) is 5.89 Å². The molecule has 0 amide bonds. The minimum Gasteiger partial charge on any atom is -0.391 e. The molecule has 6 nitrogen and oxygen atoms in total. The third kappa shape index (κ3) is 2.48. The van der Waals surface area contributed by atoms with E-state index in [4.69, 9.17) is 10.3 Å². The van der Waals surface area contributed by atoms with Crippen molar-refractivity contribution >= 4 is 0 Å². The minimum atomic E-state index is -0.742. The van der Waals surface area contributed by atoms with Crippen LogP contribution in [0.15, 0.2) is 22.7 Å². The smallest absolute Gasteiger partial charge is 0.246 e. The van der Waals surface area contributed by atoms with Crippen LogP contribution in [0.5, 0.6) is 0 Å². The lowest BCUT2D eigenvalue weighted by molar-refractivity contribution is 0.146. The fourth-order valence-corrected chi connectivity index (χ4v) is 1.35. The molecular formula is C11H14N4O2. The third-order valence-electron chi connectivity index (χ3n) is 2.36. The molecule has 2 heterocycles. The maximum atomic E-state index is 9.33. The molecule has 0 spiro atoms. The number of rotatable bonds is 3. The molecule has 2 atom stereocenters. The van der Waals surface area contributed by atoms with Crippen LogP contribution in [0.2, 0.25) is 0 Å². The van der Waals surface area contributed by atoms with Gasteiger partial charge in [-0.25, -0.2) is 4.98 Å². The average molecular weight is 234 g/mol. The van der Waals surface area contributed by atoms with Crippen LogP contribution in [-0.2, 0) is 0 Å². The van der Waals surface area contributed by atoms with Crippen LogP contribution in [-0.4, -0.2) is 26.3 Å². The van der Waals surface area contributed by atoms with Gasteiger partial charge in [0.05, 0.1) is 6.10 Å². The van der Waals surface area contributed by atoms with Gasteiger partial charge >= 0.3 is 0 Å². The zero-order valence-electron chi connectivity index (χ0n) is 9.66. The SMILES string of the molecule is Cc1cccc(-c2noc(C(N)C(C)O)n2)n1. The normalized spacial score (nSPS) is 14.6. The van der Waals surface area contributed by atoms with Crippen molar-refractivity contribution in [2.75, 3.05) is 0 Å². The van der Waals surface area contributed by atoms with Gasteiger partial charge in [0.2, 0.25) is 11.7 Å². The second-order valence-electron chi connectivity index (χ2n) is 3.89. The number of aryl methyl sites for hydroxylation is 1. The molecule has 0 aliphatic heterocycles. The van der Waals surface area contributed by atoms with Gasteiger partial charge in [0.25, 0.3) is 0 Å². The highest BCUT2D eigenvalue weighted by Gasteiger charge is 2.20. The van der Waals surface area contributed by atoms with Crippen molar-refractivity contribution in [3.8, 4) is 11.5 Å². The Morgan fingerprint density at radius 1 is 1.35 bits per heavy atom. The van der Waals surface area contributed by atoms with Crippen molar-refractivity contribution in [3.63, 3.8) is 0 Å². The van der Waals surface area contributed by atoms with Crippen LogP contribution in [0, 0.1) is 6.92 Å². The van der Waals surface area contributed by atoms with E-state index in [0.29, 0.717) is 11.5 Å². The number of nitrogens with zero attached hydrogens (tertiary/aromatic N) is 3. The van der Waals surface area contributed by atoms with Gasteiger partial charge in [-0.15, -0.1) is 0 Å². The number of pyridine rings is 1. The van der Waals surface area contributed by atoms with Crippen molar-refractivity contribution in [2.24, 2.45) is 5.73 Å². The van der Waals surface area contributed by atoms with Crippen LogP contribution < -0.4 is 5.73 Å². The summed E-state index contributed by atoms with van der Waals surface area (Å²) in [7, 11) is 0. The molecule has 2 unspecified atom stereocenters. The molecule has 2 rings (SSSR count). The zero-order chi connectivity index (χ0) is 12.4. The van der Waals surface area contributed by atoms with E-state index in [9.17, 15) is 5.11 Å². The number of hydrogen-bond donors (Lipinski definition) is 2. The van der Waals surface area contributed by atoms with E-state index in [1.54, 1.807) is 13.0 Å². The Kier molecular flexibility index (Phi) is 3.16. The first-order valence-electron chi connectivity index (χ1n) is 5.29. The van der Waals surface area contributed by atoms with Crippen LogP contribution in [0.25, 0.3) is 11.5 Å². The fourth-order valence-electron chi connectivity index (χ4n) is 1.35. The fraction of sp³-hybridized carbons (Fsp3) is 0.364. The van der Waals surface area contributed by atoms with E-state index < -0.39 is 12.1 Å². The maximum absolute atomic E-state index is 9.33. The first kappa shape index (κ1) is 11.7. The highest BCUT2D eigenvalue weighted by atomic mass is 16.5. The maximum Gasteiger partial charge on any atom is 0.246 e. The largest absolute Gasteiger partial charge is 0.391 e. The molecule has 0 saturated carbocycles. The molecule has 0 radical (unpaired) electrons. The highest BCUT2D eigenvalue weighted by molar-refractivity contribution is 5.48. The summed E-state index contributed by atoms with van der Waals surface area (Å²) >= 11 is 0. The Morgan fingerprint density at radius 3 is 2.76 bits per heavy atom. The van der Waals surface area contributed by atoms with Gasteiger partial charge in [-0.1, -0.05) is 11.2 Å². The standard InChI is InChI=1S/C11H14N4O2/c1-6-4-3-5-8(13-6)10-14-11(17-15-10)9(12)7(2)16/h3-5,7,9,16H,12H2,1-2H3. The van der Waals surface area contributed by atoms with Crippen LogP contribution in [0.4, 0.5) is 0 Å². The van der Waals surface area contributed by atoms with E-state index in [2.05, 4.69) is 15.1 Å². The molecule has 17 heavy (non-hydrogen) atoms. The topological polar surface area (TPSA) is 98.1 Å². The molecule has 2 aromatic heterocycles. The Labute approximate surface area is 98.5 Å². The summed E-state index contributed by atoms with van der Waals surface area (Å²) in [6.45, 7) is 3.45. The Bertz CT molecular complexity index is 510. The molecule has 2 aromatic rings. The molecule has 0 saturated heterocycles. The summed E-state index contributed by atoms with van der Waals surface area (Å²) in [5.41, 5.74) is 7.18. The van der Waals surface area contributed by atoms with Crippen molar-refractivity contribution in [3.05, 3.63) is 29.8 Å². The number of aliphatic hydroxyl groups excluding tert-OH is 1. The predicted octanol–water partition coefficient (Wildman–Crippen LogP) is 0.821. The third-order valence-corrected chi connectivity index (χ3v) is 2.36. The summed E-state index contributed by atoms with van der Waals surface area (Å²) in [6, 6.07) is 4.85. The van der Waals surface area contributed by atoms with Gasteiger partial charge in [-0.3, -0.25) is 0 Å². The molecule has 90 valence electrons. The van der Waals surface area contributed by atoms with Gasteiger partial charge in [0.1, 0.15) is 11.7 Å². The van der Waals surface area contributed by atoms with Gasteiger partial charge in [0, 0.05) is 5.69 Å². The molecule has 0 fully saturated rings. The number of aromatic nitrogens is 3. The van der Waals surface area contributed by atoms with E-state index in [0.717, 1.165) is 5.69 Å². The predicted molar refractivity (Wildman–Crippen MR) is 60.9 cm³/mol. The monoisotopic (exact) mass is 234 g/mol.